The Morgan fingerprint density at radius 2 is 2.05 bits per heavy atom. The molecule has 1 aromatic carbocycles. The standard InChI is InChI=1S/C12H8BrCl2N5/c1-5-2-6(13)8(3-7(5)14)18-11-9-10(17-4-16-9)19-12(15)20-11/h2-4H,1H3,(H2,16,17,18,19,20). The monoisotopic (exact) mass is 371 g/mol. The van der Waals surface area contributed by atoms with Gasteiger partial charge in [-0.25, -0.2) is 4.98 Å². The van der Waals surface area contributed by atoms with Crippen LogP contribution in [0.25, 0.3) is 11.2 Å². The van der Waals surface area contributed by atoms with Crippen LogP contribution in [0.15, 0.2) is 22.9 Å². The predicted octanol–water partition coefficient (Wildman–Crippen LogP) is 4.47. The fourth-order valence-corrected chi connectivity index (χ4v) is 2.65. The van der Waals surface area contributed by atoms with Crippen molar-refractivity contribution in [3.05, 3.63) is 38.8 Å². The first-order valence-corrected chi connectivity index (χ1v) is 7.19. The highest BCUT2D eigenvalue weighted by molar-refractivity contribution is 9.10. The summed E-state index contributed by atoms with van der Waals surface area (Å²) in [6.07, 6.45) is 1.54. The van der Waals surface area contributed by atoms with Gasteiger partial charge in [0.05, 0.1) is 12.0 Å². The third-order valence-corrected chi connectivity index (χ3v) is 3.99. The molecule has 0 spiro atoms. The Labute approximate surface area is 132 Å². The molecule has 0 aliphatic carbocycles. The second kappa shape index (κ2) is 5.20. The number of hydrogen-bond donors (Lipinski definition) is 2. The summed E-state index contributed by atoms with van der Waals surface area (Å²) >= 11 is 15.5. The molecule has 2 aromatic heterocycles. The van der Waals surface area contributed by atoms with E-state index in [1.807, 2.05) is 19.1 Å². The Bertz CT molecular complexity index is 802. The number of aromatic amines is 1. The number of aromatic nitrogens is 4. The van der Waals surface area contributed by atoms with Crippen molar-refractivity contribution in [2.24, 2.45) is 0 Å². The molecule has 2 heterocycles. The van der Waals surface area contributed by atoms with Crippen LogP contribution in [0.3, 0.4) is 0 Å². The molecule has 102 valence electrons. The highest BCUT2D eigenvalue weighted by Crippen LogP contribution is 2.32. The predicted molar refractivity (Wildman–Crippen MR) is 83.9 cm³/mol. The molecule has 0 bridgehead atoms. The molecule has 0 radical (unpaired) electrons. The Morgan fingerprint density at radius 3 is 2.85 bits per heavy atom. The van der Waals surface area contributed by atoms with Crippen LogP contribution in [0, 0.1) is 6.92 Å². The molecule has 0 saturated carbocycles. The molecule has 0 fully saturated rings. The molecule has 0 unspecified atom stereocenters. The molecular weight excluding hydrogens is 365 g/mol. The second-order valence-corrected chi connectivity index (χ2v) is 5.75. The van der Waals surface area contributed by atoms with Gasteiger partial charge in [-0.1, -0.05) is 11.6 Å². The number of rotatable bonds is 2. The normalized spacial score (nSPS) is 11.0. The zero-order chi connectivity index (χ0) is 14.3. The van der Waals surface area contributed by atoms with Crippen molar-refractivity contribution in [3.63, 3.8) is 0 Å². The van der Waals surface area contributed by atoms with Crippen molar-refractivity contribution in [2.45, 2.75) is 6.92 Å². The van der Waals surface area contributed by atoms with Gasteiger partial charge in [0.1, 0.15) is 5.52 Å². The number of hydrogen-bond acceptors (Lipinski definition) is 4. The number of halogens is 3. The van der Waals surface area contributed by atoms with Crippen LogP contribution in [-0.2, 0) is 0 Å². The fourth-order valence-electron chi connectivity index (χ4n) is 1.77. The molecule has 0 amide bonds. The van der Waals surface area contributed by atoms with E-state index in [-0.39, 0.29) is 5.28 Å². The van der Waals surface area contributed by atoms with Crippen LogP contribution in [-0.4, -0.2) is 19.9 Å². The maximum Gasteiger partial charge on any atom is 0.226 e. The van der Waals surface area contributed by atoms with E-state index in [0.29, 0.717) is 22.0 Å². The molecule has 0 aliphatic heterocycles. The van der Waals surface area contributed by atoms with E-state index in [0.717, 1.165) is 15.7 Å². The first-order valence-electron chi connectivity index (χ1n) is 5.64. The lowest BCUT2D eigenvalue weighted by Crippen LogP contribution is -1.98. The van der Waals surface area contributed by atoms with Gasteiger partial charge in [0.2, 0.25) is 5.28 Å². The van der Waals surface area contributed by atoms with Crippen LogP contribution >= 0.6 is 39.1 Å². The van der Waals surface area contributed by atoms with Gasteiger partial charge in [0.25, 0.3) is 0 Å². The first kappa shape index (κ1) is 13.6. The fraction of sp³-hybridized carbons (Fsp3) is 0.0833. The highest BCUT2D eigenvalue weighted by atomic mass is 79.9. The third kappa shape index (κ3) is 2.46. The summed E-state index contributed by atoms with van der Waals surface area (Å²) in [6.45, 7) is 1.94. The minimum Gasteiger partial charge on any atom is -0.340 e. The van der Waals surface area contributed by atoms with Crippen molar-refractivity contribution in [2.75, 3.05) is 5.32 Å². The number of nitrogens with zero attached hydrogens (tertiary/aromatic N) is 3. The van der Waals surface area contributed by atoms with Gasteiger partial charge >= 0.3 is 0 Å². The summed E-state index contributed by atoms with van der Waals surface area (Å²) < 4.78 is 0.877. The van der Waals surface area contributed by atoms with Crippen LogP contribution < -0.4 is 5.32 Å². The molecule has 3 aromatic rings. The van der Waals surface area contributed by atoms with Gasteiger partial charge in [0.15, 0.2) is 11.5 Å². The van der Waals surface area contributed by atoms with Crippen LogP contribution in [0.1, 0.15) is 5.56 Å². The maximum absolute atomic E-state index is 6.14. The van der Waals surface area contributed by atoms with Crippen molar-refractivity contribution in [3.8, 4) is 0 Å². The van der Waals surface area contributed by atoms with Gasteiger partial charge in [-0.2, -0.15) is 9.97 Å². The van der Waals surface area contributed by atoms with Crippen molar-refractivity contribution in [1.82, 2.24) is 19.9 Å². The minimum atomic E-state index is 0.126. The minimum absolute atomic E-state index is 0.126. The smallest absolute Gasteiger partial charge is 0.226 e. The summed E-state index contributed by atoms with van der Waals surface area (Å²) in [5, 5.41) is 3.96. The SMILES string of the molecule is Cc1cc(Br)c(Nc2nc(Cl)nc3nc[nH]c23)cc1Cl. The average Bonchev–Trinajstić information content (AvgIpc) is 2.84. The number of fused-ring (bicyclic) bond motifs is 1. The third-order valence-electron chi connectivity index (χ3n) is 2.76. The van der Waals surface area contributed by atoms with Gasteiger partial charge in [-0.15, -0.1) is 0 Å². The van der Waals surface area contributed by atoms with Crippen LogP contribution in [0.2, 0.25) is 10.3 Å². The molecule has 0 saturated heterocycles. The number of imidazole rings is 1. The van der Waals surface area contributed by atoms with E-state index in [9.17, 15) is 0 Å². The van der Waals surface area contributed by atoms with E-state index in [2.05, 4.69) is 41.2 Å². The van der Waals surface area contributed by atoms with E-state index in [1.54, 1.807) is 0 Å². The number of anilines is 2. The number of H-pyrrole nitrogens is 1. The zero-order valence-electron chi connectivity index (χ0n) is 10.2. The number of nitrogens with one attached hydrogen (secondary N) is 2. The second-order valence-electron chi connectivity index (χ2n) is 4.15. The first-order chi connectivity index (χ1) is 9.54. The molecular formula is C12H8BrCl2N5. The van der Waals surface area contributed by atoms with Crippen molar-refractivity contribution in [1.29, 1.82) is 0 Å². The maximum atomic E-state index is 6.14. The number of aryl methyl sites for hydroxylation is 1. The Kier molecular flexibility index (Phi) is 3.54. The summed E-state index contributed by atoms with van der Waals surface area (Å²) in [5.74, 6) is 0.540. The van der Waals surface area contributed by atoms with E-state index >= 15 is 0 Å². The van der Waals surface area contributed by atoms with Crippen LogP contribution in [0.4, 0.5) is 11.5 Å². The van der Waals surface area contributed by atoms with E-state index < -0.39 is 0 Å². The van der Waals surface area contributed by atoms with Crippen molar-refractivity contribution >= 4 is 61.8 Å². The quantitative estimate of drug-likeness (QED) is 0.651. The highest BCUT2D eigenvalue weighted by Gasteiger charge is 2.11. The summed E-state index contributed by atoms with van der Waals surface area (Å²) in [5.41, 5.74) is 2.95. The molecule has 0 aliphatic rings. The lowest BCUT2D eigenvalue weighted by molar-refractivity contribution is 1.20. The topological polar surface area (TPSA) is 66.5 Å². The number of benzene rings is 1. The Balaban J connectivity index is 2.09. The lowest BCUT2D eigenvalue weighted by Gasteiger charge is -2.10. The average molecular weight is 373 g/mol. The van der Waals surface area contributed by atoms with E-state index in [1.165, 1.54) is 6.33 Å². The molecule has 2 N–H and O–H groups in total. The Morgan fingerprint density at radius 1 is 1.25 bits per heavy atom. The molecule has 8 heteroatoms. The Hall–Kier alpha value is -1.37. The van der Waals surface area contributed by atoms with E-state index in [4.69, 9.17) is 23.2 Å². The van der Waals surface area contributed by atoms with Crippen LogP contribution in [0.5, 0.6) is 0 Å². The summed E-state index contributed by atoms with van der Waals surface area (Å²) in [6, 6.07) is 3.75. The van der Waals surface area contributed by atoms with Gasteiger partial charge in [-0.3, -0.25) is 0 Å². The van der Waals surface area contributed by atoms with Gasteiger partial charge < -0.3 is 10.3 Å². The molecule has 3 rings (SSSR count). The molecule has 0 atom stereocenters. The summed E-state index contributed by atoms with van der Waals surface area (Å²) in [4.78, 5) is 15.2. The lowest BCUT2D eigenvalue weighted by atomic mass is 10.2. The molecule has 5 nitrogen and oxygen atoms in total. The molecule has 20 heavy (non-hydrogen) atoms. The van der Waals surface area contributed by atoms with Gasteiger partial charge in [0, 0.05) is 9.50 Å². The van der Waals surface area contributed by atoms with Crippen molar-refractivity contribution < 1.29 is 0 Å². The zero-order valence-corrected chi connectivity index (χ0v) is 13.3. The van der Waals surface area contributed by atoms with Gasteiger partial charge in [-0.05, 0) is 52.2 Å². The summed E-state index contributed by atoms with van der Waals surface area (Å²) in [7, 11) is 0. The largest absolute Gasteiger partial charge is 0.340 e.